The van der Waals surface area contributed by atoms with Crippen LogP contribution in [0, 0.1) is 0 Å². The van der Waals surface area contributed by atoms with Crippen LogP contribution in [0.1, 0.15) is 0 Å². The third kappa shape index (κ3) is 3.71. The molecule has 0 aliphatic heterocycles. The summed E-state index contributed by atoms with van der Waals surface area (Å²) in [6.07, 6.45) is 0. The van der Waals surface area contributed by atoms with E-state index in [0.717, 1.165) is 6.07 Å². The lowest BCUT2D eigenvalue weighted by Gasteiger charge is -2.09. The monoisotopic (exact) mass is 382 g/mol. The van der Waals surface area contributed by atoms with E-state index in [1.807, 2.05) is 0 Å². The van der Waals surface area contributed by atoms with Gasteiger partial charge in [0.05, 0.1) is 12.0 Å². The van der Waals surface area contributed by atoms with Crippen molar-refractivity contribution in [2.75, 3.05) is 12.4 Å². The van der Waals surface area contributed by atoms with Gasteiger partial charge in [-0.25, -0.2) is 0 Å². The third-order valence-electron chi connectivity index (χ3n) is 3.23. The predicted molar refractivity (Wildman–Crippen MR) is 90.1 cm³/mol. The second-order valence-corrected chi connectivity index (χ2v) is 6.65. The number of ether oxygens (including phenoxy) is 1. The van der Waals surface area contributed by atoms with Gasteiger partial charge in [0.25, 0.3) is 10.1 Å². The molecule has 130 valence electrons. The average Bonchev–Trinajstić information content (AvgIpc) is 2.53. The van der Waals surface area contributed by atoms with Crippen molar-refractivity contribution < 1.29 is 22.8 Å². The molecule has 0 bridgehead atoms. The van der Waals surface area contributed by atoms with Gasteiger partial charge in [-0.1, -0.05) is 0 Å². The summed E-state index contributed by atoms with van der Waals surface area (Å²) in [5, 5.41) is 13.5. The van der Waals surface area contributed by atoms with Crippen molar-refractivity contribution in [3.8, 4) is 11.8 Å². The maximum atomic E-state index is 11.3. The Labute approximate surface area is 147 Å². The van der Waals surface area contributed by atoms with Gasteiger partial charge in [0, 0.05) is 17.1 Å². The molecule has 0 aliphatic carbocycles. The zero-order valence-electron chi connectivity index (χ0n) is 12.6. The van der Waals surface area contributed by atoms with Gasteiger partial charge in [-0.15, -0.1) is 0 Å². The van der Waals surface area contributed by atoms with Crippen LogP contribution >= 0.6 is 11.6 Å². The Balaban J connectivity index is 2.05. The molecule has 0 saturated carbocycles. The molecule has 1 aromatic heterocycles. The maximum absolute atomic E-state index is 11.3. The number of nitrogens with zero attached hydrogens (tertiary/aromatic N) is 3. The first-order valence-electron chi connectivity index (χ1n) is 6.73. The van der Waals surface area contributed by atoms with Crippen molar-refractivity contribution in [1.82, 2.24) is 15.0 Å². The number of aromatic nitrogens is 3. The molecule has 0 amide bonds. The first-order valence-corrected chi connectivity index (χ1v) is 8.55. The van der Waals surface area contributed by atoms with E-state index >= 15 is 0 Å². The Bertz CT molecular complexity index is 1070. The highest BCUT2D eigenvalue weighted by Gasteiger charge is 2.14. The van der Waals surface area contributed by atoms with Gasteiger partial charge in [0.2, 0.25) is 11.2 Å². The van der Waals surface area contributed by atoms with E-state index in [0.29, 0.717) is 16.5 Å². The largest absolute Gasteiger partial charge is 0.507 e. The van der Waals surface area contributed by atoms with Gasteiger partial charge in [0.15, 0.2) is 0 Å². The molecule has 3 aromatic rings. The van der Waals surface area contributed by atoms with E-state index in [4.69, 9.17) is 20.9 Å². The van der Waals surface area contributed by atoms with Gasteiger partial charge in [-0.05, 0) is 41.3 Å². The number of benzene rings is 2. The predicted octanol–water partition coefficient (Wildman–Crippen LogP) is 2.38. The topological polar surface area (TPSA) is 135 Å². The van der Waals surface area contributed by atoms with Crippen LogP contribution in [0.25, 0.3) is 10.8 Å². The molecule has 0 fully saturated rings. The maximum Gasteiger partial charge on any atom is 0.322 e. The zero-order valence-corrected chi connectivity index (χ0v) is 14.2. The highest BCUT2D eigenvalue weighted by molar-refractivity contribution is 7.85. The molecule has 0 unspecified atom stereocenters. The van der Waals surface area contributed by atoms with Gasteiger partial charge in [-0.2, -0.15) is 23.4 Å². The standard InChI is InChI=1S/C14H11ClN4O5S/c1-24-14-18-12(15)17-13(19-14)16-8-2-3-10-7(4-8)5-9(6-11(10)20)25(21,22)23/h2-6,20H,1H3,(H,21,22,23)(H,16,17,18,19). The molecule has 3 N–H and O–H groups in total. The smallest absolute Gasteiger partial charge is 0.322 e. The number of fused-ring (bicyclic) bond motifs is 1. The average molecular weight is 383 g/mol. The fourth-order valence-corrected chi connectivity index (χ4v) is 2.85. The second-order valence-electron chi connectivity index (χ2n) is 4.89. The normalized spacial score (nSPS) is 11.5. The number of phenolic OH excluding ortho intramolecular Hbond substituents is 1. The van der Waals surface area contributed by atoms with Crippen LogP contribution in [0.4, 0.5) is 11.6 Å². The Morgan fingerprint density at radius 2 is 1.92 bits per heavy atom. The fraction of sp³-hybridized carbons (Fsp3) is 0.0714. The summed E-state index contributed by atoms with van der Waals surface area (Å²) in [6, 6.07) is 6.97. The molecule has 0 radical (unpaired) electrons. The summed E-state index contributed by atoms with van der Waals surface area (Å²) >= 11 is 5.77. The van der Waals surface area contributed by atoms with E-state index < -0.39 is 15.0 Å². The minimum absolute atomic E-state index is 0.0228. The number of rotatable bonds is 4. The van der Waals surface area contributed by atoms with Gasteiger partial charge < -0.3 is 15.2 Å². The Morgan fingerprint density at radius 1 is 1.16 bits per heavy atom. The van der Waals surface area contributed by atoms with E-state index in [1.165, 1.54) is 13.2 Å². The molecular weight excluding hydrogens is 372 g/mol. The molecule has 0 aliphatic rings. The minimum Gasteiger partial charge on any atom is -0.507 e. The number of hydrogen-bond acceptors (Lipinski definition) is 8. The number of anilines is 2. The van der Waals surface area contributed by atoms with E-state index in [1.54, 1.807) is 18.2 Å². The number of hydrogen-bond donors (Lipinski definition) is 3. The highest BCUT2D eigenvalue weighted by Crippen LogP contribution is 2.31. The molecule has 9 nitrogen and oxygen atoms in total. The van der Waals surface area contributed by atoms with Crippen LogP contribution < -0.4 is 10.1 Å². The molecule has 3 rings (SSSR count). The number of nitrogens with one attached hydrogen (secondary N) is 1. The zero-order chi connectivity index (χ0) is 18.2. The van der Waals surface area contributed by atoms with Crippen LogP contribution in [0.2, 0.25) is 5.28 Å². The summed E-state index contributed by atoms with van der Waals surface area (Å²) in [5.41, 5.74) is 0.490. The lowest BCUT2D eigenvalue weighted by atomic mass is 10.1. The third-order valence-corrected chi connectivity index (χ3v) is 4.23. The van der Waals surface area contributed by atoms with Crippen molar-refractivity contribution in [3.63, 3.8) is 0 Å². The summed E-state index contributed by atoms with van der Waals surface area (Å²) in [4.78, 5) is 11.2. The van der Waals surface area contributed by atoms with Crippen LogP contribution in [0.15, 0.2) is 35.2 Å². The van der Waals surface area contributed by atoms with Gasteiger partial charge >= 0.3 is 6.01 Å². The summed E-state index contributed by atoms with van der Waals surface area (Å²) in [7, 11) is -3.07. The van der Waals surface area contributed by atoms with Crippen molar-refractivity contribution in [1.29, 1.82) is 0 Å². The molecule has 25 heavy (non-hydrogen) atoms. The van der Waals surface area contributed by atoms with Crippen LogP contribution in [0.5, 0.6) is 11.8 Å². The van der Waals surface area contributed by atoms with E-state index in [2.05, 4.69) is 20.3 Å². The van der Waals surface area contributed by atoms with E-state index in [-0.39, 0.29) is 23.0 Å². The molecular formula is C14H11ClN4O5S. The molecule has 1 heterocycles. The minimum atomic E-state index is -4.45. The number of aromatic hydroxyl groups is 1. The van der Waals surface area contributed by atoms with Gasteiger partial charge in [-0.3, -0.25) is 4.55 Å². The van der Waals surface area contributed by atoms with Crippen LogP contribution in [0.3, 0.4) is 0 Å². The first kappa shape index (κ1) is 17.1. The Morgan fingerprint density at radius 3 is 2.60 bits per heavy atom. The fourth-order valence-electron chi connectivity index (χ4n) is 2.16. The lowest BCUT2D eigenvalue weighted by molar-refractivity contribution is 0.379. The summed E-state index contributed by atoms with van der Waals surface area (Å²) < 4.78 is 36.6. The number of halogens is 1. The van der Waals surface area contributed by atoms with Crippen LogP contribution in [-0.2, 0) is 10.1 Å². The first-order chi connectivity index (χ1) is 11.8. The molecule has 0 saturated heterocycles. The molecule has 2 aromatic carbocycles. The SMILES string of the molecule is COc1nc(Cl)nc(Nc2ccc3c(O)cc(S(=O)(=O)O)cc3c2)n1. The number of methoxy groups -OCH3 is 1. The highest BCUT2D eigenvalue weighted by atomic mass is 35.5. The second kappa shape index (κ2) is 6.31. The van der Waals surface area contributed by atoms with Gasteiger partial charge in [0.1, 0.15) is 5.75 Å². The van der Waals surface area contributed by atoms with E-state index in [9.17, 15) is 13.5 Å². The quantitative estimate of drug-likeness (QED) is 0.581. The molecule has 0 atom stereocenters. The molecule has 0 spiro atoms. The van der Waals surface area contributed by atoms with Crippen molar-refractivity contribution >= 4 is 44.1 Å². The van der Waals surface area contributed by atoms with Crippen molar-refractivity contribution in [3.05, 3.63) is 35.6 Å². The molecule has 11 heteroatoms. The summed E-state index contributed by atoms with van der Waals surface area (Å²) in [5.74, 6) is -0.159. The van der Waals surface area contributed by atoms with Crippen LogP contribution in [-0.4, -0.2) is 40.1 Å². The Kier molecular flexibility index (Phi) is 4.33. The Hall–Kier alpha value is -2.69. The number of phenols is 1. The van der Waals surface area contributed by atoms with Crippen molar-refractivity contribution in [2.45, 2.75) is 4.90 Å². The summed E-state index contributed by atoms with van der Waals surface area (Å²) in [6.45, 7) is 0. The van der Waals surface area contributed by atoms with Crippen molar-refractivity contribution in [2.24, 2.45) is 0 Å². The lowest BCUT2D eigenvalue weighted by Crippen LogP contribution is -2.02.